The van der Waals surface area contributed by atoms with E-state index in [1.807, 2.05) is 0 Å². The molecular formula is C7H2ClF5IN. The fraction of sp³-hybridized carbons (Fsp3) is 0.286. The van der Waals surface area contributed by atoms with E-state index in [1.54, 1.807) is 0 Å². The van der Waals surface area contributed by atoms with Gasteiger partial charge in [0, 0.05) is 0 Å². The van der Waals surface area contributed by atoms with Crippen molar-refractivity contribution in [2.75, 3.05) is 0 Å². The molecule has 0 atom stereocenters. The number of alkyl halides is 5. The van der Waals surface area contributed by atoms with Gasteiger partial charge in [-0.2, -0.15) is 13.2 Å². The standard InChI is InChI=1S/C7H2ClF5IN/c8-5-3(14)1-2(7(11,12)13)4(15-5)6(9)10/h1,6H. The number of hydrogen-bond donors (Lipinski definition) is 0. The van der Waals surface area contributed by atoms with Gasteiger partial charge in [-0.1, -0.05) is 11.6 Å². The third-order valence-electron chi connectivity index (χ3n) is 1.47. The SMILES string of the molecule is FC(F)c1nc(Cl)c(I)cc1C(F)(F)F. The van der Waals surface area contributed by atoms with Gasteiger partial charge in [0.1, 0.15) is 10.8 Å². The predicted octanol–water partition coefficient (Wildman–Crippen LogP) is 4.30. The molecular weight excluding hydrogens is 355 g/mol. The van der Waals surface area contributed by atoms with Crippen LogP contribution in [0, 0.1) is 3.57 Å². The number of nitrogens with zero attached hydrogens (tertiary/aromatic N) is 1. The van der Waals surface area contributed by atoms with E-state index in [-0.39, 0.29) is 8.72 Å². The van der Waals surface area contributed by atoms with Crippen LogP contribution >= 0.6 is 34.2 Å². The van der Waals surface area contributed by atoms with Crippen LogP contribution in [0.25, 0.3) is 0 Å². The normalized spacial score (nSPS) is 12.3. The minimum atomic E-state index is -4.86. The molecule has 0 saturated carbocycles. The molecule has 0 amide bonds. The van der Waals surface area contributed by atoms with Crippen LogP contribution in [0.4, 0.5) is 22.0 Å². The quantitative estimate of drug-likeness (QED) is 0.415. The maximum absolute atomic E-state index is 12.3. The summed E-state index contributed by atoms with van der Waals surface area (Å²) in [5.41, 5.74) is -2.79. The molecule has 15 heavy (non-hydrogen) atoms. The Bertz CT molecular complexity index is 378. The first-order valence-corrected chi connectivity index (χ1v) is 4.90. The van der Waals surface area contributed by atoms with Gasteiger partial charge in [-0.25, -0.2) is 13.8 Å². The minimum Gasteiger partial charge on any atom is -0.233 e. The first-order chi connectivity index (χ1) is 6.73. The van der Waals surface area contributed by atoms with E-state index in [2.05, 4.69) is 4.98 Å². The number of hydrogen-bond acceptors (Lipinski definition) is 1. The second kappa shape index (κ2) is 4.36. The van der Waals surface area contributed by atoms with Gasteiger partial charge in [0.15, 0.2) is 0 Å². The molecule has 0 fully saturated rings. The summed E-state index contributed by atoms with van der Waals surface area (Å²) in [6, 6.07) is 0.553. The van der Waals surface area contributed by atoms with Crippen molar-refractivity contribution in [2.24, 2.45) is 0 Å². The zero-order valence-corrected chi connectivity index (χ0v) is 9.66. The van der Waals surface area contributed by atoms with Crippen molar-refractivity contribution < 1.29 is 22.0 Å². The highest BCUT2D eigenvalue weighted by molar-refractivity contribution is 14.1. The molecule has 0 unspecified atom stereocenters. The smallest absolute Gasteiger partial charge is 0.233 e. The topological polar surface area (TPSA) is 12.9 Å². The van der Waals surface area contributed by atoms with Crippen LogP contribution in [-0.4, -0.2) is 4.98 Å². The van der Waals surface area contributed by atoms with E-state index in [1.165, 1.54) is 22.6 Å². The van der Waals surface area contributed by atoms with Crippen LogP contribution in [0.5, 0.6) is 0 Å². The minimum absolute atomic E-state index is 0.0222. The van der Waals surface area contributed by atoms with E-state index in [9.17, 15) is 22.0 Å². The average molecular weight is 357 g/mol. The van der Waals surface area contributed by atoms with E-state index in [0.717, 1.165) is 0 Å². The van der Waals surface area contributed by atoms with Crippen LogP contribution in [0.2, 0.25) is 5.15 Å². The number of pyridine rings is 1. The molecule has 0 bridgehead atoms. The average Bonchev–Trinajstić information content (AvgIpc) is 2.06. The summed E-state index contributed by atoms with van der Waals surface area (Å²) < 4.78 is 61.4. The summed E-state index contributed by atoms with van der Waals surface area (Å²) in [4.78, 5) is 3.03. The molecule has 8 heteroatoms. The van der Waals surface area contributed by atoms with Gasteiger partial charge in [0.25, 0.3) is 6.43 Å². The number of rotatable bonds is 1. The zero-order chi connectivity index (χ0) is 11.8. The second-order valence-electron chi connectivity index (χ2n) is 2.49. The summed E-state index contributed by atoms with van der Waals surface area (Å²) in [6.07, 6.45) is -8.17. The van der Waals surface area contributed by atoms with Gasteiger partial charge < -0.3 is 0 Å². The van der Waals surface area contributed by atoms with Crippen LogP contribution in [0.1, 0.15) is 17.7 Å². The lowest BCUT2D eigenvalue weighted by atomic mass is 10.2. The fourth-order valence-electron chi connectivity index (χ4n) is 0.873. The second-order valence-corrected chi connectivity index (χ2v) is 4.01. The molecule has 0 radical (unpaired) electrons. The summed E-state index contributed by atoms with van der Waals surface area (Å²) in [7, 11) is 0. The Kier molecular flexibility index (Phi) is 3.75. The fourth-order valence-corrected chi connectivity index (χ4v) is 1.45. The Labute approximate surface area is 99.8 Å². The van der Waals surface area contributed by atoms with Crippen LogP contribution in [0.15, 0.2) is 6.07 Å². The monoisotopic (exact) mass is 357 g/mol. The Balaban J connectivity index is 3.42. The van der Waals surface area contributed by atoms with Gasteiger partial charge in [-0.3, -0.25) is 0 Å². The zero-order valence-electron chi connectivity index (χ0n) is 6.75. The van der Waals surface area contributed by atoms with Crippen LogP contribution in [0.3, 0.4) is 0 Å². The Hall–Kier alpha value is -0.180. The third-order valence-corrected chi connectivity index (χ3v) is 2.90. The van der Waals surface area contributed by atoms with Crippen molar-refractivity contribution in [3.05, 3.63) is 26.0 Å². The summed E-state index contributed by atoms with van der Waals surface area (Å²) >= 11 is 6.85. The van der Waals surface area contributed by atoms with E-state index >= 15 is 0 Å². The van der Waals surface area contributed by atoms with Crippen LogP contribution < -0.4 is 0 Å². The first kappa shape index (κ1) is 12.9. The molecule has 0 aliphatic carbocycles. The van der Waals surface area contributed by atoms with E-state index in [4.69, 9.17) is 11.6 Å². The molecule has 1 aromatic rings. The van der Waals surface area contributed by atoms with Crippen molar-refractivity contribution in [1.82, 2.24) is 4.98 Å². The van der Waals surface area contributed by atoms with Crippen molar-refractivity contribution in [1.29, 1.82) is 0 Å². The van der Waals surface area contributed by atoms with E-state index in [0.29, 0.717) is 6.07 Å². The van der Waals surface area contributed by atoms with Gasteiger partial charge in [-0.05, 0) is 28.7 Å². The Morgan fingerprint density at radius 1 is 1.33 bits per heavy atom. The molecule has 0 aromatic carbocycles. The van der Waals surface area contributed by atoms with Crippen molar-refractivity contribution in [3.63, 3.8) is 0 Å². The maximum Gasteiger partial charge on any atom is 0.418 e. The van der Waals surface area contributed by atoms with Crippen molar-refractivity contribution in [2.45, 2.75) is 12.6 Å². The summed E-state index contributed by atoms with van der Waals surface area (Å²) in [5.74, 6) is 0. The van der Waals surface area contributed by atoms with Gasteiger partial charge in [0.05, 0.1) is 9.13 Å². The van der Waals surface area contributed by atoms with Gasteiger partial charge in [0.2, 0.25) is 0 Å². The molecule has 0 N–H and O–H groups in total. The largest absolute Gasteiger partial charge is 0.418 e. The van der Waals surface area contributed by atoms with E-state index < -0.39 is 23.9 Å². The molecule has 0 saturated heterocycles. The van der Waals surface area contributed by atoms with Gasteiger partial charge in [-0.15, -0.1) is 0 Å². The Morgan fingerprint density at radius 3 is 2.27 bits per heavy atom. The molecule has 0 spiro atoms. The lowest BCUT2D eigenvalue weighted by molar-refractivity contribution is -0.140. The highest BCUT2D eigenvalue weighted by Gasteiger charge is 2.37. The molecule has 1 nitrogen and oxygen atoms in total. The highest BCUT2D eigenvalue weighted by atomic mass is 127. The molecule has 0 aliphatic heterocycles. The lowest BCUT2D eigenvalue weighted by Gasteiger charge is -2.12. The molecule has 1 aromatic heterocycles. The maximum atomic E-state index is 12.3. The molecule has 84 valence electrons. The Morgan fingerprint density at radius 2 is 1.87 bits per heavy atom. The van der Waals surface area contributed by atoms with Crippen molar-refractivity contribution in [3.8, 4) is 0 Å². The van der Waals surface area contributed by atoms with Crippen molar-refractivity contribution >= 4 is 34.2 Å². The predicted molar refractivity (Wildman–Crippen MR) is 51.9 cm³/mol. The lowest BCUT2D eigenvalue weighted by Crippen LogP contribution is -2.12. The summed E-state index contributed by atoms with van der Waals surface area (Å²) in [6.45, 7) is 0. The number of halogens is 7. The molecule has 1 heterocycles. The summed E-state index contributed by atoms with van der Waals surface area (Å²) in [5, 5.41) is -0.362. The first-order valence-electron chi connectivity index (χ1n) is 3.44. The molecule has 0 aliphatic rings. The van der Waals surface area contributed by atoms with Gasteiger partial charge >= 0.3 is 6.18 Å². The molecule has 1 rings (SSSR count). The third kappa shape index (κ3) is 2.90. The number of aromatic nitrogens is 1. The highest BCUT2D eigenvalue weighted by Crippen LogP contribution is 2.37. The van der Waals surface area contributed by atoms with Crippen LogP contribution in [-0.2, 0) is 6.18 Å².